The predicted octanol–water partition coefficient (Wildman–Crippen LogP) is 3.17. The molecule has 0 unspecified atom stereocenters. The van der Waals surface area contributed by atoms with Crippen molar-refractivity contribution in [3.05, 3.63) is 35.8 Å². The van der Waals surface area contributed by atoms with Crippen LogP contribution in [0.2, 0.25) is 0 Å². The van der Waals surface area contributed by atoms with E-state index in [4.69, 9.17) is 9.47 Å². The zero-order chi connectivity index (χ0) is 18.5. The minimum absolute atomic E-state index is 0.0365. The van der Waals surface area contributed by atoms with Gasteiger partial charge in [0.25, 0.3) is 5.91 Å². The lowest BCUT2D eigenvalue weighted by atomic mass is 10.1. The highest BCUT2D eigenvalue weighted by Gasteiger charge is 2.20. The molecule has 1 aromatic heterocycles. The van der Waals surface area contributed by atoms with E-state index in [2.05, 4.69) is 15.3 Å². The first-order valence-corrected chi connectivity index (χ1v) is 8.74. The topological polar surface area (TPSA) is 76.6 Å². The molecule has 7 nitrogen and oxygen atoms in total. The Morgan fingerprint density at radius 2 is 1.77 bits per heavy atom. The van der Waals surface area contributed by atoms with Crippen LogP contribution in [0.25, 0.3) is 0 Å². The van der Waals surface area contributed by atoms with Crippen molar-refractivity contribution in [2.45, 2.75) is 26.2 Å². The largest absolute Gasteiger partial charge is 0.493 e. The molecule has 2 heterocycles. The monoisotopic (exact) mass is 356 g/mol. The first kappa shape index (κ1) is 18.0. The van der Waals surface area contributed by atoms with Crippen LogP contribution in [0.15, 0.2) is 24.3 Å². The quantitative estimate of drug-likeness (QED) is 0.887. The SMILES string of the molecule is COc1ccc(Nc2cc(C(=O)N3CCCCC3)nc(C)n2)cc1OC. The third kappa shape index (κ3) is 4.04. The van der Waals surface area contributed by atoms with Crippen molar-refractivity contribution in [1.29, 1.82) is 0 Å². The maximum Gasteiger partial charge on any atom is 0.272 e. The Hall–Kier alpha value is -2.83. The smallest absolute Gasteiger partial charge is 0.272 e. The number of nitrogens with one attached hydrogen (secondary N) is 1. The molecule has 26 heavy (non-hydrogen) atoms. The van der Waals surface area contributed by atoms with E-state index < -0.39 is 0 Å². The molecule has 0 aliphatic carbocycles. The number of methoxy groups -OCH3 is 2. The number of hydrogen-bond acceptors (Lipinski definition) is 6. The molecule has 2 aromatic rings. The molecule has 1 fully saturated rings. The van der Waals surface area contributed by atoms with Gasteiger partial charge in [0.2, 0.25) is 0 Å². The summed E-state index contributed by atoms with van der Waals surface area (Å²) in [5.74, 6) is 2.36. The van der Waals surface area contributed by atoms with Gasteiger partial charge >= 0.3 is 0 Å². The van der Waals surface area contributed by atoms with E-state index >= 15 is 0 Å². The summed E-state index contributed by atoms with van der Waals surface area (Å²) in [6.45, 7) is 3.37. The summed E-state index contributed by atoms with van der Waals surface area (Å²) in [5.41, 5.74) is 1.21. The second-order valence-electron chi connectivity index (χ2n) is 6.23. The van der Waals surface area contributed by atoms with Crippen LogP contribution >= 0.6 is 0 Å². The number of carbonyl (C=O) groups is 1. The van der Waals surface area contributed by atoms with Crippen molar-refractivity contribution < 1.29 is 14.3 Å². The summed E-state index contributed by atoms with van der Waals surface area (Å²) in [4.78, 5) is 23.3. The standard InChI is InChI=1S/C19H24N4O3/c1-13-20-15(19(24)23-9-5-4-6-10-23)12-18(21-13)22-14-7-8-16(25-2)17(11-14)26-3/h7-8,11-12H,4-6,9-10H2,1-3H3,(H,20,21,22). The molecule has 7 heteroatoms. The van der Waals surface area contributed by atoms with Crippen LogP contribution in [0.5, 0.6) is 11.5 Å². The fourth-order valence-corrected chi connectivity index (χ4v) is 3.06. The molecule has 3 rings (SSSR count). The van der Waals surface area contributed by atoms with Crippen molar-refractivity contribution in [2.75, 3.05) is 32.6 Å². The van der Waals surface area contributed by atoms with Gasteiger partial charge in [0.1, 0.15) is 17.3 Å². The number of aromatic nitrogens is 2. The van der Waals surface area contributed by atoms with Crippen LogP contribution in [0, 0.1) is 6.92 Å². The summed E-state index contributed by atoms with van der Waals surface area (Å²) in [5, 5.41) is 3.21. The Morgan fingerprint density at radius 3 is 2.46 bits per heavy atom. The summed E-state index contributed by atoms with van der Waals surface area (Å²) >= 11 is 0. The second-order valence-corrected chi connectivity index (χ2v) is 6.23. The zero-order valence-electron chi connectivity index (χ0n) is 15.4. The van der Waals surface area contributed by atoms with Crippen LogP contribution in [-0.2, 0) is 0 Å². The van der Waals surface area contributed by atoms with Gasteiger partial charge in [-0.15, -0.1) is 0 Å². The molecule has 0 radical (unpaired) electrons. The lowest BCUT2D eigenvalue weighted by Crippen LogP contribution is -2.36. The highest BCUT2D eigenvalue weighted by atomic mass is 16.5. The Bertz CT molecular complexity index is 788. The zero-order valence-corrected chi connectivity index (χ0v) is 15.4. The van der Waals surface area contributed by atoms with E-state index in [0.717, 1.165) is 31.6 Å². The Labute approximate surface area is 153 Å². The first-order chi connectivity index (χ1) is 12.6. The van der Waals surface area contributed by atoms with Crippen molar-refractivity contribution in [3.63, 3.8) is 0 Å². The molecule has 1 aliphatic heterocycles. The maximum absolute atomic E-state index is 12.7. The second kappa shape index (κ2) is 8.03. The number of carbonyl (C=O) groups excluding carboxylic acids is 1. The number of likely N-dealkylation sites (tertiary alicyclic amines) is 1. The molecule has 0 bridgehead atoms. The summed E-state index contributed by atoms with van der Waals surface area (Å²) in [6, 6.07) is 7.20. The van der Waals surface area contributed by atoms with Crippen LogP contribution in [0.1, 0.15) is 35.6 Å². The maximum atomic E-state index is 12.7. The van der Waals surface area contributed by atoms with Crippen molar-refractivity contribution >= 4 is 17.4 Å². The van der Waals surface area contributed by atoms with Crippen LogP contribution in [0.3, 0.4) is 0 Å². The number of anilines is 2. The molecule has 1 aliphatic rings. The first-order valence-electron chi connectivity index (χ1n) is 8.74. The number of rotatable bonds is 5. The predicted molar refractivity (Wildman–Crippen MR) is 99.4 cm³/mol. The average Bonchev–Trinajstić information content (AvgIpc) is 2.67. The Kier molecular flexibility index (Phi) is 5.55. The van der Waals surface area contributed by atoms with Gasteiger partial charge in [-0.3, -0.25) is 4.79 Å². The van der Waals surface area contributed by atoms with E-state index in [1.54, 1.807) is 27.2 Å². The minimum Gasteiger partial charge on any atom is -0.493 e. The third-order valence-electron chi connectivity index (χ3n) is 4.36. The molecule has 1 aromatic carbocycles. The van der Waals surface area contributed by atoms with E-state index in [9.17, 15) is 4.79 Å². The molecular weight excluding hydrogens is 332 g/mol. The average molecular weight is 356 g/mol. The van der Waals surface area contributed by atoms with Gasteiger partial charge < -0.3 is 19.7 Å². The van der Waals surface area contributed by atoms with E-state index in [1.807, 2.05) is 23.1 Å². The summed E-state index contributed by atoms with van der Waals surface area (Å²) < 4.78 is 10.6. The normalized spacial score (nSPS) is 14.0. The highest BCUT2D eigenvalue weighted by Crippen LogP contribution is 2.31. The van der Waals surface area contributed by atoms with Crippen molar-refractivity contribution in [3.8, 4) is 11.5 Å². The summed E-state index contributed by atoms with van der Waals surface area (Å²) in [6.07, 6.45) is 3.28. The van der Waals surface area contributed by atoms with Gasteiger partial charge in [0.05, 0.1) is 14.2 Å². The fourth-order valence-electron chi connectivity index (χ4n) is 3.06. The minimum atomic E-state index is -0.0365. The molecule has 0 saturated carbocycles. The van der Waals surface area contributed by atoms with Crippen molar-refractivity contribution in [2.24, 2.45) is 0 Å². The number of hydrogen-bond donors (Lipinski definition) is 1. The molecular formula is C19H24N4O3. The number of ether oxygens (including phenoxy) is 2. The number of piperidine rings is 1. The summed E-state index contributed by atoms with van der Waals surface area (Å²) in [7, 11) is 3.18. The van der Waals surface area contributed by atoms with E-state index in [0.29, 0.717) is 28.8 Å². The Morgan fingerprint density at radius 1 is 1.04 bits per heavy atom. The van der Waals surface area contributed by atoms with Gasteiger partial charge in [-0.2, -0.15) is 0 Å². The van der Waals surface area contributed by atoms with Gasteiger partial charge in [-0.05, 0) is 38.3 Å². The molecule has 0 spiro atoms. The molecule has 1 saturated heterocycles. The van der Waals surface area contributed by atoms with Gasteiger partial charge in [-0.1, -0.05) is 0 Å². The van der Waals surface area contributed by atoms with Gasteiger partial charge in [0.15, 0.2) is 11.5 Å². The van der Waals surface area contributed by atoms with Crippen LogP contribution in [-0.4, -0.2) is 48.1 Å². The molecule has 0 atom stereocenters. The van der Waals surface area contributed by atoms with Crippen LogP contribution < -0.4 is 14.8 Å². The number of aryl methyl sites for hydroxylation is 1. The lowest BCUT2D eigenvalue weighted by Gasteiger charge is -2.26. The highest BCUT2D eigenvalue weighted by molar-refractivity contribution is 5.93. The number of benzene rings is 1. The molecule has 1 amide bonds. The van der Waals surface area contributed by atoms with Gasteiger partial charge in [0, 0.05) is 30.9 Å². The van der Waals surface area contributed by atoms with Gasteiger partial charge in [-0.25, -0.2) is 9.97 Å². The van der Waals surface area contributed by atoms with E-state index in [1.165, 1.54) is 6.42 Å². The fraction of sp³-hybridized carbons (Fsp3) is 0.421. The molecule has 138 valence electrons. The lowest BCUT2D eigenvalue weighted by molar-refractivity contribution is 0.0718. The number of amides is 1. The van der Waals surface area contributed by atoms with Crippen molar-refractivity contribution in [1.82, 2.24) is 14.9 Å². The number of nitrogens with zero attached hydrogens (tertiary/aromatic N) is 3. The third-order valence-corrected chi connectivity index (χ3v) is 4.36. The Balaban J connectivity index is 1.82. The molecule has 1 N–H and O–H groups in total. The van der Waals surface area contributed by atoms with Crippen LogP contribution in [0.4, 0.5) is 11.5 Å². The van der Waals surface area contributed by atoms with E-state index in [-0.39, 0.29) is 5.91 Å².